The molecule has 0 aliphatic heterocycles. The molecule has 3 aromatic carbocycles. The predicted molar refractivity (Wildman–Crippen MR) is 131 cm³/mol. The summed E-state index contributed by atoms with van der Waals surface area (Å²) in [6.07, 6.45) is 0. The summed E-state index contributed by atoms with van der Waals surface area (Å²) in [5.74, 6) is 0.766. The number of carbonyl (C=O) groups is 1. The molecule has 4 aromatic rings. The lowest BCUT2D eigenvalue weighted by Crippen LogP contribution is -2.22. The summed E-state index contributed by atoms with van der Waals surface area (Å²) in [5, 5.41) is 8.33. The minimum absolute atomic E-state index is 0.00346. The lowest BCUT2D eigenvalue weighted by Gasteiger charge is -2.15. The topological polar surface area (TPSA) is 82.0 Å². The van der Waals surface area contributed by atoms with E-state index in [4.69, 9.17) is 30.2 Å². The molecule has 1 aromatic heterocycles. The third-order valence-corrected chi connectivity index (χ3v) is 5.36. The van der Waals surface area contributed by atoms with E-state index in [1.807, 2.05) is 37.3 Å². The number of carbonyl (C=O) groups excluding carboxylic acids is 1. The van der Waals surface area contributed by atoms with Gasteiger partial charge in [0.1, 0.15) is 23.5 Å². The first kappa shape index (κ1) is 22.8. The van der Waals surface area contributed by atoms with Crippen LogP contribution in [-0.2, 0) is 9.53 Å². The number of anilines is 2. The molecule has 8 heteroatoms. The molecule has 4 rings (SSSR count). The summed E-state index contributed by atoms with van der Waals surface area (Å²) in [5.41, 5.74) is 2.58. The Hall–Kier alpha value is -3.42. The predicted octanol–water partition coefficient (Wildman–Crippen LogP) is 5.71. The average Bonchev–Trinajstić information content (AvgIpc) is 3.18. The Morgan fingerprint density at radius 2 is 1.85 bits per heavy atom. The van der Waals surface area contributed by atoms with Gasteiger partial charge in [-0.1, -0.05) is 35.9 Å². The van der Waals surface area contributed by atoms with E-state index in [0.717, 1.165) is 16.4 Å². The molecule has 172 valence electrons. The first-order valence-corrected chi connectivity index (χ1v) is 11.0. The van der Waals surface area contributed by atoms with Crippen molar-refractivity contribution in [2.24, 2.45) is 0 Å². The van der Waals surface area contributed by atoms with E-state index >= 15 is 0 Å². The van der Waals surface area contributed by atoms with E-state index < -0.39 is 0 Å². The van der Waals surface area contributed by atoms with Gasteiger partial charge in [-0.05, 0) is 31.2 Å². The maximum Gasteiger partial charge on any atom is 0.243 e. The molecule has 33 heavy (non-hydrogen) atoms. The monoisotopic (exact) mass is 468 g/mol. The standard InChI is InChI=1S/C25H25ClN2O5/c1-3-31-11-12-32-25-18(26)8-6-9-19(25)27-15-24(29)28-20-14-22-17(13-23(20)30-2)16-7-4-5-10-21(16)33-22/h4-10,13-14,27H,3,11-12,15H2,1-2H3,(H,28,29). The van der Waals surface area contributed by atoms with Crippen molar-refractivity contribution in [1.29, 1.82) is 0 Å². The number of rotatable bonds is 10. The molecule has 0 aliphatic carbocycles. The first-order chi connectivity index (χ1) is 16.1. The molecule has 0 fully saturated rings. The van der Waals surface area contributed by atoms with Crippen molar-refractivity contribution in [2.75, 3.05) is 44.1 Å². The van der Waals surface area contributed by atoms with Gasteiger partial charge in [-0.25, -0.2) is 0 Å². The quantitative estimate of drug-likeness (QED) is 0.290. The van der Waals surface area contributed by atoms with Crippen LogP contribution in [0, 0.1) is 0 Å². The van der Waals surface area contributed by atoms with Crippen LogP contribution < -0.4 is 20.1 Å². The fourth-order valence-electron chi connectivity index (χ4n) is 3.53. The lowest BCUT2D eigenvalue weighted by atomic mass is 10.1. The van der Waals surface area contributed by atoms with E-state index in [0.29, 0.717) is 53.3 Å². The van der Waals surface area contributed by atoms with Gasteiger partial charge in [-0.3, -0.25) is 4.79 Å². The van der Waals surface area contributed by atoms with Crippen LogP contribution in [-0.4, -0.2) is 39.4 Å². The summed E-state index contributed by atoms with van der Waals surface area (Å²) in [6, 6.07) is 16.7. The van der Waals surface area contributed by atoms with E-state index in [-0.39, 0.29) is 12.5 Å². The number of nitrogens with one attached hydrogen (secondary N) is 2. The van der Waals surface area contributed by atoms with E-state index in [2.05, 4.69) is 10.6 Å². The Bertz CT molecular complexity index is 1270. The van der Waals surface area contributed by atoms with Crippen LogP contribution in [0.4, 0.5) is 11.4 Å². The summed E-state index contributed by atoms with van der Waals surface area (Å²) in [6.45, 7) is 3.34. The molecule has 7 nitrogen and oxygen atoms in total. The Balaban J connectivity index is 1.47. The number of benzene rings is 3. The number of furan rings is 1. The van der Waals surface area contributed by atoms with Gasteiger partial charge >= 0.3 is 0 Å². The molecule has 1 heterocycles. The smallest absolute Gasteiger partial charge is 0.243 e. The molecule has 0 aliphatic rings. The Labute approximate surface area is 196 Å². The molecule has 0 radical (unpaired) electrons. The van der Waals surface area contributed by atoms with Gasteiger partial charge in [0.25, 0.3) is 0 Å². The van der Waals surface area contributed by atoms with Crippen LogP contribution in [0.2, 0.25) is 5.02 Å². The number of methoxy groups -OCH3 is 1. The highest BCUT2D eigenvalue weighted by Crippen LogP contribution is 2.36. The maximum absolute atomic E-state index is 12.7. The second-order valence-corrected chi connectivity index (χ2v) is 7.62. The minimum atomic E-state index is -0.260. The number of ether oxygens (including phenoxy) is 3. The highest BCUT2D eigenvalue weighted by molar-refractivity contribution is 6.32. The molecule has 2 N–H and O–H groups in total. The molecule has 0 bridgehead atoms. The third-order valence-electron chi connectivity index (χ3n) is 5.06. The fourth-order valence-corrected chi connectivity index (χ4v) is 3.76. The zero-order valence-electron chi connectivity index (χ0n) is 18.4. The largest absolute Gasteiger partial charge is 0.495 e. The van der Waals surface area contributed by atoms with E-state index in [9.17, 15) is 4.79 Å². The van der Waals surface area contributed by atoms with Crippen molar-refractivity contribution in [3.8, 4) is 11.5 Å². The van der Waals surface area contributed by atoms with Crippen molar-refractivity contribution in [3.63, 3.8) is 0 Å². The van der Waals surface area contributed by atoms with Crippen molar-refractivity contribution in [2.45, 2.75) is 6.92 Å². The van der Waals surface area contributed by atoms with Gasteiger partial charge in [0.2, 0.25) is 5.91 Å². The minimum Gasteiger partial charge on any atom is -0.495 e. The van der Waals surface area contributed by atoms with E-state index in [1.54, 1.807) is 31.4 Å². The zero-order chi connectivity index (χ0) is 23.2. The van der Waals surface area contributed by atoms with Crippen LogP contribution in [0.15, 0.2) is 59.0 Å². The van der Waals surface area contributed by atoms with Gasteiger partial charge in [-0.2, -0.15) is 0 Å². The number of hydrogen-bond acceptors (Lipinski definition) is 6. The van der Waals surface area contributed by atoms with Gasteiger partial charge in [-0.15, -0.1) is 0 Å². The number of fused-ring (bicyclic) bond motifs is 3. The highest BCUT2D eigenvalue weighted by atomic mass is 35.5. The van der Waals surface area contributed by atoms with Crippen molar-refractivity contribution in [3.05, 3.63) is 59.6 Å². The van der Waals surface area contributed by atoms with Gasteiger partial charge in [0, 0.05) is 23.4 Å². The molecule has 0 unspecified atom stereocenters. The summed E-state index contributed by atoms with van der Waals surface area (Å²) in [4.78, 5) is 12.7. The van der Waals surface area contributed by atoms with Crippen LogP contribution in [0.5, 0.6) is 11.5 Å². The Morgan fingerprint density at radius 3 is 2.67 bits per heavy atom. The lowest BCUT2D eigenvalue weighted by molar-refractivity contribution is -0.114. The van der Waals surface area contributed by atoms with Crippen LogP contribution in [0.1, 0.15) is 6.92 Å². The zero-order valence-corrected chi connectivity index (χ0v) is 19.2. The van der Waals surface area contributed by atoms with Crippen LogP contribution in [0.3, 0.4) is 0 Å². The normalized spacial score (nSPS) is 11.0. The Kier molecular flexibility index (Phi) is 7.22. The number of para-hydroxylation sites is 2. The first-order valence-electron chi connectivity index (χ1n) is 10.6. The van der Waals surface area contributed by atoms with E-state index in [1.165, 1.54) is 0 Å². The van der Waals surface area contributed by atoms with Gasteiger partial charge < -0.3 is 29.3 Å². The number of halogens is 1. The molecular formula is C25H25ClN2O5. The maximum atomic E-state index is 12.7. The van der Waals surface area contributed by atoms with Crippen molar-refractivity contribution >= 4 is 50.8 Å². The van der Waals surface area contributed by atoms with Crippen LogP contribution >= 0.6 is 11.6 Å². The average molecular weight is 469 g/mol. The van der Waals surface area contributed by atoms with Crippen molar-refractivity contribution in [1.82, 2.24) is 0 Å². The SMILES string of the molecule is CCOCCOc1c(Cl)cccc1NCC(=O)Nc1cc2oc3ccccc3c2cc1OC. The molecular weight excluding hydrogens is 444 g/mol. The number of amides is 1. The van der Waals surface area contributed by atoms with Gasteiger partial charge in [0.15, 0.2) is 5.75 Å². The molecule has 0 atom stereocenters. The molecule has 0 saturated heterocycles. The number of hydrogen-bond donors (Lipinski definition) is 2. The fraction of sp³-hybridized carbons (Fsp3) is 0.240. The highest BCUT2D eigenvalue weighted by Gasteiger charge is 2.15. The third kappa shape index (κ3) is 5.16. The van der Waals surface area contributed by atoms with Crippen molar-refractivity contribution < 1.29 is 23.4 Å². The molecule has 0 saturated carbocycles. The molecule has 0 spiro atoms. The Morgan fingerprint density at radius 1 is 1.00 bits per heavy atom. The summed E-state index contributed by atoms with van der Waals surface area (Å²) < 4.78 is 22.5. The second-order valence-electron chi connectivity index (χ2n) is 7.21. The second kappa shape index (κ2) is 10.5. The summed E-state index contributed by atoms with van der Waals surface area (Å²) in [7, 11) is 1.56. The van der Waals surface area contributed by atoms with Crippen LogP contribution in [0.25, 0.3) is 21.9 Å². The summed E-state index contributed by atoms with van der Waals surface area (Å²) >= 11 is 6.28. The molecule has 1 amide bonds. The van der Waals surface area contributed by atoms with Gasteiger partial charge in [0.05, 0.1) is 36.7 Å².